The van der Waals surface area contributed by atoms with Crippen molar-refractivity contribution >= 4 is 18.0 Å². The molecule has 1 aromatic rings. The van der Waals surface area contributed by atoms with Gasteiger partial charge in [-0.15, -0.1) is 0 Å². The number of epoxide rings is 1. The molecule has 9 heteroatoms. The molecular formula is C35H47NO8. The number of allylic oxidation sites excluding steroid dienone is 5. The number of nitrogens with zero attached hydrogens (tertiary/aromatic N) is 1. The van der Waals surface area contributed by atoms with Gasteiger partial charge in [-0.3, -0.25) is 4.79 Å². The van der Waals surface area contributed by atoms with Gasteiger partial charge in [0.2, 0.25) is 0 Å². The standard InChI is InChI=1S/C35H47NO8/c1-21(16-27-20-41-25(5)36-27)10-8-11-23(3)34(40-7)24(4)29-19-30(37)35(6)31(44-35)15-14-22(2)28-17-26(18-33(39)42-28)12-9-13-32(38)43-29/h8-11,13-16,20,22,24,26,28-31,34,37H,12,17-19H2,1-7H3/t22-,24+,26-,28-,29+,30+,31-,34+,35-/m1/s1. The van der Waals surface area contributed by atoms with Gasteiger partial charge in [0.05, 0.1) is 12.2 Å². The van der Waals surface area contributed by atoms with Crippen molar-refractivity contribution in [3.63, 3.8) is 0 Å². The van der Waals surface area contributed by atoms with Crippen LogP contribution in [0.25, 0.3) is 6.08 Å². The van der Waals surface area contributed by atoms with Crippen LogP contribution in [0.15, 0.2) is 64.4 Å². The van der Waals surface area contributed by atoms with Gasteiger partial charge in [-0.1, -0.05) is 50.3 Å². The predicted molar refractivity (Wildman–Crippen MR) is 166 cm³/mol. The summed E-state index contributed by atoms with van der Waals surface area (Å²) in [5, 5.41) is 11.3. The van der Waals surface area contributed by atoms with E-state index in [4.69, 9.17) is 23.4 Å². The van der Waals surface area contributed by atoms with Crippen LogP contribution < -0.4 is 0 Å². The predicted octanol–water partition coefficient (Wildman–Crippen LogP) is 5.83. The number of carbonyl (C=O) groups excluding carboxylic acids is 2. The first-order valence-electron chi connectivity index (χ1n) is 15.5. The highest BCUT2D eigenvalue weighted by atomic mass is 16.6. The van der Waals surface area contributed by atoms with E-state index in [2.05, 4.69) is 4.98 Å². The molecule has 0 aromatic carbocycles. The number of oxazole rings is 1. The molecular weight excluding hydrogens is 562 g/mol. The van der Waals surface area contributed by atoms with Crippen LogP contribution in [0.4, 0.5) is 0 Å². The zero-order chi connectivity index (χ0) is 32.0. The molecule has 9 nitrogen and oxygen atoms in total. The van der Waals surface area contributed by atoms with E-state index in [9.17, 15) is 14.7 Å². The molecule has 2 saturated heterocycles. The summed E-state index contributed by atoms with van der Waals surface area (Å²) < 4.78 is 28.7. The van der Waals surface area contributed by atoms with Crippen molar-refractivity contribution in [2.24, 2.45) is 17.8 Å². The molecule has 4 heterocycles. The number of aliphatic hydroxyl groups excluding tert-OH is 1. The number of ether oxygens (including phenoxy) is 4. The molecule has 44 heavy (non-hydrogen) atoms. The van der Waals surface area contributed by atoms with Gasteiger partial charge >= 0.3 is 11.9 Å². The lowest BCUT2D eigenvalue weighted by atomic mass is 9.85. The van der Waals surface area contributed by atoms with Crippen molar-refractivity contribution in [3.05, 3.63) is 71.5 Å². The largest absolute Gasteiger partial charge is 0.462 e. The van der Waals surface area contributed by atoms with Crippen molar-refractivity contribution in [2.75, 3.05) is 7.11 Å². The molecule has 0 saturated carbocycles. The van der Waals surface area contributed by atoms with Crippen LogP contribution in [0.1, 0.15) is 71.9 Å². The molecule has 1 aromatic heterocycles. The zero-order valence-corrected chi connectivity index (χ0v) is 26.9. The minimum absolute atomic E-state index is 0.000898. The lowest BCUT2D eigenvalue weighted by molar-refractivity contribution is -0.158. The summed E-state index contributed by atoms with van der Waals surface area (Å²) in [5.41, 5.74) is 1.88. The van der Waals surface area contributed by atoms with E-state index >= 15 is 0 Å². The number of methoxy groups -OCH3 is 1. The number of carbonyl (C=O) groups is 2. The average Bonchev–Trinajstić information content (AvgIpc) is 3.47. The minimum Gasteiger partial charge on any atom is -0.462 e. The second-order valence-electron chi connectivity index (χ2n) is 12.6. The fourth-order valence-electron chi connectivity index (χ4n) is 6.11. The number of aromatic nitrogens is 1. The van der Waals surface area contributed by atoms with Crippen molar-refractivity contribution in [3.8, 4) is 0 Å². The Morgan fingerprint density at radius 1 is 1.20 bits per heavy atom. The first-order valence-corrected chi connectivity index (χ1v) is 15.5. The van der Waals surface area contributed by atoms with E-state index < -0.39 is 23.8 Å². The topological polar surface area (TPSA) is 121 Å². The first-order chi connectivity index (χ1) is 20.9. The maximum Gasteiger partial charge on any atom is 0.330 e. The number of hydrogen-bond acceptors (Lipinski definition) is 9. The first kappa shape index (κ1) is 33.6. The molecule has 4 rings (SSSR count). The number of rotatable bonds is 7. The van der Waals surface area contributed by atoms with Gasteiger partial charge in [0.25, 0.3) is 0 Å². The SMILES string of the molecule is CO[C@@H](C(C)=CC=CC(C)=Cc1coc(C)n1)[C@@H](C)[C@@H]1C[C@H](O)[C@@]2(C)O[C@@H]2C=C[C@@H](C)[C@H]2C[C@@H](CC=CC(=O)O1)CC(=O)O2. The van der Waals surface area contributed by atoms with E-state index in [0.29, 0.717) is 25.2 Å². The van der Waals surface area contributed by atoms with Gasteiger partial charge in [-0.25, -0.2) is 9.78 Å². The average molecular weight is 610 g/mol. The summed E-state index contributed by atoms with van der Waals surface area (Å²) in [6, 6.07) is 0. The molecule has 0 spiro atoms. The van der Waals surface area contributed by atoms with E-state index in [0.717, 1.165) is 16.8 Å². The zero-order valence-electron chi connectivity index (χ0n) is 26.9. The quantitative estimate of drug-likeness (QED) is 0.176. The van der Waals surface area contributed by atoms with Crippen molar-refractivity contribution < 1.29 is 38.1 Å². The Labute approximate surface area is 260 Å². The maximum absolute atomic E-state index is 13.0. The van der Waals surface area contributed by atoms with Gasteiger partial charge in [-0.2, -0.15) is 0 Å². The molecule has 2 fully saturated rings. The molecule has 0 amide bonds. The van der Waals surface area contributed by atoms with E-state index in [-0.39, 0.29) is 48.5 Å². The second-order valence-corrected chi connectivity index (χ2v) is 12.6. The van der Waals surface area contributed by atoms with Gasteiger partial charge in [0.1, 0.15) is 35.9 Å². The van der Waals surface area contributed by atoms with Crippen LogP contribution in [0, 0.1) is 24.7 Å². The third kappa shape index (κ3) is 8.67. The van der Waals surface area contributed by atoms with E-state index in [1.807, 2.05) is 71.1 Å². The van der Waals surface area contributed by atoms with Crippen LogP contribution >= 0.6 is 0 Å². The van der Waals surface area contributed by atoms with E-state index in [1.54, 1.807) is 26.4 Å². The number of hydrogen-bond donors (Lipinski definition) is 1. The lowest BCUT2D eigenvalue weighted by Gasteiger charge is -2.32. The molecule has 0 aliphatic carbocycles. The Balaban J connectivity index is 1.51. The molecule has 3 aliphatic heterocycles. The molecule has 240 valence electrons. The van der Waals surface area contributed by atoms with E-state index in [1.165, 1.54) is 6.08 Å². The number of esters is 2. The highest BCUT2D eigenvalue weighted by molar-refractivity contribution is 5.82. The lowest BCUT2D eigenvalue weighted by Crippen LogP contribution is -2.41. The third-order valence-corrected chi connectivity index (χ3v) is 8.97. The summed E-state index contributed by atoms with van der Waals surface area (Å²) in [5.74, 6) is -0.299. The van der Waals surface area contributed by atoms with Gasteiger partial charge in [0.15, 0.2) is 5.89 Å². The summed E-state index contributed by atoms with van der Waals surface area (Å²) in [4.78, 5) is 29.6. The van der Waals surface area contributed by atoms with Gasteiger partial charge in [0, 0.05) is 44.8 Å². The van der Waals surface area contributed by atoms with Crippen LogP contribution in [0.3, 0.4) is 0 Å². The summed E-state index contributed by atoms with van der Waals surface area (Å²) in [6.45, 7) is 11.6. The highest BCUT2D eigenvalue weighted by Gasteiger charge is 2.57. The summed E-state index contributed by atoms with van der Waals surface area (Å²) in [6.07, 6.45) is 15.9. The van der Waals surface area contributed by atoms with Crippen molar-refractivity contribution in [1.82, 2.24) is 4.98 Å². The molecule has 3 aliphatic rings. The summed E-state index contributed by atoms with van der Waals surface area (Å²) in [7, 11) is 1.63. The fourth-order valence-corrected chi connectivity index (χ4v) is 6.11. The van der Waals surface area contributed by atoms with Crippen LogP contribution in [0.5, 0.6) is 0 Å². The Hall–Kier alpha value is -3.27. The Morgan fingerprint density at radius 3 is 2.68 bits per heavy atom. The Bertz CT molecular complexity index is 1320. The van der Waals surface area contributed by atoms with Gasteiger partial charge < -0.3 is 28.5 Å². The molecule has 0 radical (unpaired) electrons. The van der Waals surface area contributed by atoms with Crippen LogP contribution in [0.2, 0.25) is 0 Å². The maximum atomic E-state index is 13.0. The van der Waals surface area contributed by atoms with Crippen molar-refractivity contribution in [2.45, 2.75) is 103 Å². The molecule has 0 unspecified atom stereocenters. The summed E-state index contributed by atoms with van der Waals surface area (Å²) >= 11 is 0. The van der Waals surface area contributed by atoms with Gasteiger partial charge in [-0.05, 0) is 56.8 Å². The third-order valence-electron chi connectivity index (χ3n) is 8.97. The number of aryl methyl sites for hydroxylation is 1. The molecule has 2 bridgehead atoms. The monoisotopic (exact) mass is 609 g/mol. The highest BCUT2D eigenvalue weighted by Crippen LogP contribution is 2.43. The normalized spacial score (nSPS) is 33.5. The number of fused-ring (bicyclic) bond motifs is 3. The fraction of sp³-hybridized carbons (Fsp3) is 0.571. The van der Waals surface area contributed by atoms with Crippen LogP contribution in [-0.4, -0.2) is 65.3 Å². The molecule has 1 N–H and O–H groups in total. The number of aliphatic hydroxyl groups is 1. The van der Waals surface area contributed by atoms with Crippen molar-refractivity contribution in [1.29, 1.82) is 0 Å². The Kier molecular flexibility index (Phi) is 11.2. The smallest absolute Gasteiger partial charge is 0.330 e. The minimum atomic E-state index is -0.892. The molecule has 9 atom stereocenters. The Morgan fingerprint density at radius 2 is 1.98 bits per heavy atom. The number of cyclic esters (lactones) is 1. The second kappa shape index (κ2) is 14.7. The van der Waals surface area contributed by atoms with Crippen LogP contribution in [-0.2, 0) is 28.5 Å².